The molecule has 0 amide bonds. The summed E-state index contributed by atoms with van der Waals surface area (Å²) >= 11 is 0. The lowest BCUT2D eigenvalue weighted by molar-refractivity contribution is 0.249. The molecular weight excluding hydrogens is 380 g/mol. The number of hydrogen-bond acceptors (Lipinski definition) is 7. The van der Waals surface area contributed by atoms with Crippen molar-refractivity contribution >= 4 is 11.4 Å². The smallest absolute Gasteiger partial charge is 0.253 e. The Morgan fingerprint density at radius 2 is 1.73 bits per heavy atom. The minimum atomic E-state index is -0.423. The van der Waals surface area contributed by atoms with E-state index in [1.54, 1.807) is 6.26 Å². The molecule has 1 saturated heterocycles. The van der Waals surface area contributed by atoms with Gasteiger partial charge in [0.05, 0.1) is 12.3 Å². The summed E-state index contributed by atoms with van der Waals surface area (Å²) in [5, 5.41) is 3.22. The summed E-state index contributed by atoms with van der Waals surface area (Å²) in [5.41, 5.74) is 1.46. The summed E-state index contributed by atoms with van der Waals surface area (Å²) in [6.07, 6.45) is 1.64. The molecular formula is C23H28N4O3. The maximum atomic E-state index is 12.3. The number of rotatable bonds is 8. The van der Waals surface area contributed by atoms with Gasteiger partial charge in [-0.25, -0.2) is 0 Å². The lowest BCUT2D eigenvalue weighted by Gasteiger charge is -2.37. The van der Waals surface area contributed by atoms with E-state index < -0.39 is 5.43 Å². The van der Waals surface area contributed by atoms with E-state index in [0.717, 1.165) is 38.5 Å². The summed E-state index contributed by atoms with van der Waals surface area (Å²) in [6.45, 7) is 4.59. The van der Waals surface area contributed by atoms with Gasteiger partial charge in [0, 0.05) is 39.3 Å². The van der Waals surface area contributed by atoms with Gasteiger partial charge >= 0.3 is 0 Å². The molecule has 0 saturated carbocycles. The molecule has 3 aromatic rings. The summed E-state index contributed by atoms with van der Waals surface area (Å²) in [5.74, 6) is 0.822. The van der Waals surface area contributed by atoms with Gasteiger partial charge in [-0.1, -0.05) is 30.3 Å². The molecule has 1 N–H and O–H groups in total. The van der Waals surface area contributed by atoms with Crippen molar-refractivity contribution in [3.63, 3.8) is 0 Å². The lowest BCUT2D eigenvalue weighted by Crippen LogP contribution is -2.51. The van der Waals surface area contributed by atoms with Crippen molar-refractivity contribution < 1.29 is 4.42 Å². The van der Waals surface area contributed by atoms with Crippen molar-refractivity contribution in [2.45, 2.75) is 12.6 Å². The SMILES string of the molecule is CN(C)[C@@H](CNc1c(N2CCN(Cc3ccccc3)CC2)c(=O)c1=O)c1ccco1. The zero-order chi connectivity index (χ0) is 21.1. The maximum Gasteiger partial charge on any atom is 0.253 e. The van der Waals surface area contributed by atoms with Crippen LogP contribution in [-0.2, 0) is 6.54 Å². The molecule has 0 radical (unpaired) electrons. The van der Waals surface area contributed by atoms with E-state index in [4.69, 9.17) is 4.42 Å². The molecule has 7 nitrogen and oxygen atoms in total. The Hall–Kier alpha value is -2.90. The molecule has 0 bridgehead atoms. The fourth-order valence-corrected chi connectivity index (χ4v) is 4.03. The van der Waals surface area contributed by atoms with Crippen molar-refractivity contribution in [1.82, 2.24) is 9.80 Å². The minimum absolute atomic E-state index is 0.0278. The van der Waals surface area contributed by atoms with Crippen LogP contribution in [0.1, 0.15) is 17.4 Å². The van der Waals surface area contributed by atoms with Gasteiger partial charge in [0.15, 0.2) is 0 Å². The average Bonchev–Trinajstić information content (AvgIpc) is 3.28. The van der Waals surface area contributed by atoms with Gasteiger partial charge in [-0.2, -0.15) is 0 Å². The highest BCUT2D eigenvalue weighted by atomic mass is 16.3. The van der Waals surface area contributed by atoms with Gasteiger partial charge in [-0.05, 0) is 31.8 Å². The second kappa shape index (κ2) is 8.85. The van der Waals surface area contributed by atoms with Crippen LogP contribution in [0.4, 0.5) is 11.4 Å². The summed E-state index contributed by atoms with van der Waals surface area (Å²) < 4.78 is 5.53. The molecule has 2 heterocycles. The number of anilines is 2. The number of furan rings is 1. The Morgan fingerprint density at radius 3 is 2.37 bits per heavy atom. The minimum Gasteiger partial charge on any atom is -0.468 e. The van der Waals surface area contributed by atoms with Gasteiger partial charge in [0.25, 0.3) is 10.9 Å². The van der Waals surface area contributed by atoms with Crippen LogP contribution in [0.3, 0.4) is 0 Å². The van der Waals surface area contributed by atoms with E-state index >= 15 is 0 Å². The van der Waals surface area contributed by atoms with Crippen LogP contribution in [-0.4, -0.2) is 56.6 Å². The zero-order valence-corrected chi connectivity index (χ0v) is 17.5. The molecule has 1 fully saturated rings. The standard InChI is InChI=1S/C23H28N4O3/c1-25(2)18(19-9-6-14-30-19)15-24-20-21(23(29)22(20)28)27-12-10-26(11-13-27)16-17-7-4-3-5-8-17/h3-9,14,18,24H,10-13,15-16H2,1-2H3/t18-/m0/s1. The van der Waals surface area contributed by atoms with Gasteiger partial charge in [0.1, 0.15) is 17.1 Å². The number of piperazine rings is 1. The molecule has 7 heteroatoms. The summed E-state index contributed by atoms with van der Waals surface area (Å²) in [4.78, 5) is 31.0. The first-order valence-electron chi connectivity index (χ1n) is 10.3. The van der Waals surface area contributed by atoms with E-state index in [9.17, 15) is 9.59 Å². The molecule has 1 aromatic heterocycles. The van der Waals surface area contributed by atoms with Gasteiger partial charge in [-0.3, -0.25) is 19.4 Å². The van der Waals surface area contributed by atoms with Crippen molar-refractivity contribution in [3.05, 3.63) is 80.5 Å². The Morgan fingerprint density at radius 1 is 1.00 bits per heavy atom. The first-order valence-corrected chi connectivity index (χ1v) is 10.3. The van der Waals surface area contributed by atoms with Crippen LogP contribution in [0.2, 0.25) is 0 Å². The van der Waals surface area contributed by atoms with Crippen molar-refractivity contribution in [2.75, 3.05) is 57.0 Å². The van der Waals surface area contributed by atoms with Gasteiger partial charge in [-0.15, -0.1) is 0 Å². The van der Waals surface area contributed by atoms with Crippen LogP contribution in [0.5, 0.6) is 0 Å². The number of nitrogens with zero attached hydrogens (tertiary/aromatic N) is 3. The van der Waals surface area contributed by atoms with E-state index in [-0.39, 0.29) is 11.5 Å². The monoisotopic (exact) mass is 408 g/mol. The predicted molar refractivity (Wildman–Crippen MR) is 119 cm³/mol. The molecule has 0 aliphatic carbocycles. The Kier molecular flexibility index (Phi) is 6.01. The number of likely N-dealkylation sites (N-methyl/N-ethyl adjacent to an activating group) is 1. The highest BCUT2D eigenvalue weighted by molar-refractivity contribution is 5.75. The van der Waals surface area contributed by atoms with E-state index in [1.165, 1.54) is 5.56 Å². The van der Waals surface area contributed by atoms with Crippen molar-refractivity contribution in [1.29, 1.82) is 0 Å². The van der Waals surface area contributed by atoms with Gasteiger partial charge in [0.2, 0.25) is 0 Å². The third kappa shape index (κ3) is 4.17. The second-order valence-corrected chi connectivity index (χ2v) is 8.01. The molecule has 1 aliphatic heterocycles. The number of nitrogens with one attached hydrogen (secondary N) is 1. The second-order valence-electron chi connectivity index (χ2n) is 8.01. The van der Waals surface area contributed by atoms with Crippen LogP contribution >= 0.6 is 0 Å². The molecule has 0 unspecified atom stereocenters. The lowest BCUT2D eigenvalue weighted by atomic mass is 10.1. The van der Waals surface area contributed by atoms with Crippen LogP contribution < -0.4 is 21.1 Å². The largest absolute Gasteiger partial charge is 0.468 e. The highest BCUT2D eigenvalue weighted by Gasteiger charge is 2.29. The topological polar surface area (TPSA) is 69.0 Å². The first kappa shape index (κ1) is 20.4. The molecule has 1 atom stereocenters. The first-order chi connectivity index (χ1) is 14.5. The summed E-state index contributed by atoms with van der Waals surface area (Å²) in [7, 11) is 3.92. The number of benzene rings is 1. The van der Waals surface area contributed by atoms with E-state index in [2.05, 4.69) is 34.5 Å². The predicted octanol–water partition coefficient (Wildman–Crippen LogP) is 1.91. The normalized spacial score (nSPS) is 16.3. The molecule has 4 rings (SSSR count). The van der Waals surface area contributed by atoms with Crippen LogP contribution in [0.15, 0.2) is 62.7 Å². The van der Waals surface area contributed by atoms with Gasteiger partial charge < -0.3 is 14.6 Å². The third-order valence-electron chi connectivity index (χ3n) is 5.79. The zero-order valence-electron chi connectivity index (χ0n) is 17.5. The van der Waals surface area contributed by atoms with Crippen molar-refractivity contribution in [3.8, 4) is 0 Å². The molecule has 158 valence electrons. The Balaban J connectivity index is 1.39. The van der Waals surface area contributed by atoms with E-state index in [0.29, 0.717) is 17.9 Å². The fraction of sp³-hybridized carbons (Fsp3) is 0.391. The molecule has 30 heavy (non-hydrogen) atoms. The Labute approximate surface area is 176 Å². The molecule has 0 spiro atoms. The molecule has 2 aromatic carbocycles. The average molecular weight is 409 g/mol. The third-order valence-corrected chi connectivity index (χ3v) is 5.79. The fourth-order valence-electron chi connectivity index (χ4n) is 4.03. The number of hydrogen-bond donors (Lipinski definition) is 1. The maximum absolute atomic E-state index is 12.3. The quantitative estimate of drug-likeness (QED) is 0.571. The van der Waals surface area contributed by atoms with E-state index in [1.807, 2.05) is 42.1 Å². The molecule has 1 aliphatic rings. The highest BCUT2D eigenvalue weighted by Crippen LogP contribution is 2.25. The Bertz CT molecular complexity index is 1010. The van der Waals surface area contributed by atoms with Crippen LogP contribution in [0, 0.1) is 0 Å². The van der Waals surface area contributed by atoms with Crippen molar-refractivity contribution in [2.24, 2.45) is 0 Å². The van der Waals surface area contributed by atoms with Crippen LogP contribution in [0.25, 0.3) is 0 Å². The summed E-state index contributed by atoms with van der Waals surface area (Å²) in [6, 6.07) is 14.1.